The summed E-state index contributed by atoms with van der Waals surface area (Å²) in [5.41, 5.74) is 0. The Balaban J connectivity index is 3.70. The second kappa shape index (κ2) is 27.6. The summed E-state index contributed by atoms with van der Waals surface area (Å²) in [5, 5.41) is 12.5. The maximum atomic E-state index is 11.9. The minimum Gasteiger partial charge on any atom is -0.463 e. The molecular formula is C30H56NO8P. The molecule has 0 saturated carbocycles. The van der Waals surface area contributed by atoms with E-state index in [1.54, 1.807) is 0 Å². The minimum atomic E-state index is -4.39. The van der Waals surface area contributed by atoms with Crippen molar-refractivity contribution in [2.24, 2.45) is 0 Å². The zero-order valence-electron chi connectivity index (χ0n) is 25.0. The van der Waals surface area contributed by atoms with Crippen molar-refractivity contribution < 1.29 is 37.9 Å². The largest absolute Gasteiger partial charge is 0.472 e. The molecule has 0 heterocycles. The summed E-state index contributed by atoms with van der Waals surface area (Å²) >= 11 is 0. The number of rotatable bonds is 28. The molecule has 0 spiro atoms. The number of hydrogen-bond acceptors (Lipinski definition) is 7. The summed E-state index contributed by atoms with van der Waals surface area (Å²) in [6.45, 7) is 3.37. The van der Waals surface area contributed by atoms with Gasteiger partial charge in [-0.2, -0.15) is 0 Å². The van der Waals surface area contributed by atoms with Gasteiger partial charge in [0.25, 0.3) is 0 Å². The van der Waals surface area contributed by atoms with Crippen LogP contribution in [0.2, 0.25) is 0 Å². The zero-order chi connectivity index (χ0) is 29.7. The minimum absolute atomic E-state index is 0.0802. The van der Waals surface area contributed by atoms with Crippen LogP contribution in [0, 0.1) is 0 Å². The monoisotopic (exact) mass is 589 g/mol. The molecule has 0 aliphatic rings. The molecule has 0 radical (unpaired) electrons. The molecule has 2 unspecified atom stereocenters. The first-order valence-electron chi connectivity index (χ1n) is 15.3. The molecule has 0 saturated heterocycles. The second-order valence-electron chi connectivity index (χ2n) is 10.1. The number of ether oxygens (including phenoxy) is 1. The van der Waals surface area contributed by atoms with E-state index in [0.29, 0.717) is 6.42 Å². The Morgan fingerprint density at radius 3 is 2.10 bits per heavy atom. The Morgan fingerprint density at radius 1 is 0.775 bits per heavy atom. The number of carbonyl (C=O) groups excluding carboxylic acids is 2. The summed E-state index contributed by atoms with van der Waals surface area (Å²) in [7, 11) is -4.39. The van der Waals surface area contributed by atoms with Gasteiger partial charge in [-0.1, -0.05) is 95.9 Å². The highest BCUT2D eigenvalue weighted by Crippen LogP contribution is 2.42. The Labute approximate surface area is 242 Å². The van der Waals surface area contributed by atoms with Gasteiger partial charge in [-0.25, -0.2) is 4.57 Å². The fraction of sp³-hybridized carbons (Fsp3) is 0.800. The highest BCUT2D eigenvalue weighted by Gasteiger charge is 2.23. The predicted octanol–water partition coefficient (Wildman–Crippen LogP) is 6.92. The smallest absolute Gasteiger partial charge is 0.463 e. The molecule has 0 aromatic heterocycles. The van der Waals surface area contributed by atoms with Crippen LogP contribution in [0.1, 0.15) is 123 Å². The van der Waals surface area contributed by atoms with Crippen LogP contribution in [0.15, 0.2) is 24.3 Å². The SMILES string of the molecule is CCC/C=C\C/C=C\CCCCCCCC(=O)OCC(O)COP(=O)(O)OCCNC(=O)CCCCCCCC. The molecule has 0 aliphatic heterocycles. The van der Waals surface area contributed by atoms with Gasteiger partial charge in [0.2, 0.25) is 5.91 Å². The van der Waals surface area contributed by atoms with Gasteiger partial charge in [0.15, 0.2) is 0 Å². The van der Waals surface area contributed by atoms with E-state index >= 15 is 0 Å². The van der Waals surface area contributed by atoms with Crippen LogP contribution in [0.5, 0.6) is 0 Å². The second-order valence-corrected chi connectivity index (χ2v) is 11.5. The van der Waals surface area contributed by atoms with E-state index in [0.717, 1.165) is 70.6 Å². The lowest BCUT2D eigenvalue weighted by molar-refractivity contribution is -0.147. The van der Waals surface area contributed by atoms with Crippen molar-refractivity contribution in [3.05, 3.63) is 24.3 Å². The number of nitrogens with one attached hydrogen (secondary N) is 1. The number of phosphoric acid groups is 1. The van der Waals surface area contributed by atoms with Crippen molar-refractivity contribution in [2.45, 2.75) is 129 Å². The van der Waals surface area contributed by atoms with Crippen molar-refractivity contribution in [1.29, 1.82) is 0 Å². The maximum Gasteiger partial charge on any atom is 0.472 e. The van der Waals surface area contributed by atoms with Crippen LogP contribution >= 0.6 is 7.82 Å². The summed E-state index contributed by atoms with van der Waals surface area (Å²) in [6, 6.07) is 0. The quantitative estimate of drug-likeness (QED) is 0.0388. The number of allylic oxidation sites excluding steroid dienone is 4. The number of carbonyl (C=O) groups is 2. The van der Waals surface area contributed by atoms with Crippen molar-refractivity contribution in [2.75, 3.05) is 26.4 Å². The molecule has 0 aromatic rings. The Hall–Kier alpha value is -1.51. The Bertz CT molecular complexity index is 728. The maximum absolute atomic E-state index is 11.9. The number of aliphatic hydroxyl groups excluding tert-OH is 1. The topological polar surface area (TPSA) is 131 Å². The van der Waals surface area contributed by atoms with E-state index in [1.807, 2.05) is 0 Å². The molecule has 9 nitrogen and oxygen atoms in total. The number of hydrogen-bond donors (Lipinski definition) is 3. The van der Waals surface area contributed by atoms with Crippen LogP contribution in [-0.2, 0) is 27.9 Å². The summed E-state index contributed by atoms with van der Waals surface area (Å²) in [6.07, 6.45) is 24.2. The zero-order valence-corrected chi connectivity index (χ0v) is 25.9. The summed E-state index contributed by atoms with van der Waals surface area (Å²) in [4.78, 5) is 33.3. The lowest BCUT2D eigenvalue weighted by atomic mass is 10.1. The molecule has 1 amide bonds. The average Bonchev–Trinajstić information content (AvgIpc) is 2.93. The third kappa shape index (κ3) is 28.0. The van der Waals surface area contributed by atoms with Gasteiger partial charge < -0.3 is 20.1 Å². The standard InChI is InChI=1S/C30H56NO8P/c1-3-5-7-9-11-12-13-14-15-16-17-19-21-23-30(34)37-26-28(32)27-39-40(35,36)38-25-24-31-29(33)22-20-18-10-8-6-4-2/h7,9,12-13,28,32H,3-6,8,10-11,14-27H2,1-2H3,(H,31,33)(H,35,36)/b9-7-,13-12-. The number of phosphoric ester groups is 1. The molecule has 0 fully saturated rings. The predicted molar refractivity (Wildman–Crippen MR) is 160 cm³/mol. The third-order valence-corrected chi connectivity index (χ3v) is 7.10. The van der Waals surface area contributed by atoms with E-state index in [1.165, 1.54) is 25.7 Å². The van der Waals surface area contributed by atoms with Crippen molar-refractivity contribution in [3.8, 4) is 0 Å². The van der Waals surface area contributed by atoms with E-state index in [2.05, 4.69) is 43.5 Å². The van der Waals surface area contributed by atoms with Gasteiger partial charge in [0.05, 0.1) is 13.2 Å². The average molecular weight is 590 g/mol. The molecule has 0 bridgehead atoms. The molecule has 234 valence electrons. The van der Waals surface area contributed by atoms with E-state index < -0.39 is 26.5 Å². The molecule has 10 heteroatoms. The summed E-state index contributed by atoms with van der Waals surface area (Å²) < 4.78 is 26.5. The third-order valence-electron chi connectivity index (χ3n) is 6.12. The highest BCUT2D eigenvalue weighted by atomic mass is 31.2. The molecule has 2 atom stereocenters. The van der Waals surface area contributed by atoms with Crippen molar-refractivity contribution in [3.63, 3.8) is 0 Å². The number of amides is 1. The fourth-order valence-corrected chi connectivity index (χ4v) is 4.52. The van der Waals surface area contributed by atoms with Crippen LogP contribution in [0.4, 0.5) is 0 Å². The lowest BCUT2D eigenvalue weighted by Crippen LogP contribution is -2.27. The lowest BCUT2D eigenvalue weighted by Gasteiger charge is -2.15. The number of aliphatic hydroxyl groups is 1. The molecular weight excluding hydrogens is 533 g/mol. The fourth-order valence-electron chi connectivity index (χ4n) is 3.77. The van der Waals surface area contributed by atoms with Crippen LogP contribution in [-0.4, -0.2) is 54.3 Å². The van der Waals surface area contributed by atoms with Crippen LogP contribution in [0.3, 0.4) is 0 Å². The number of unbranched alkanes of at least 4 members (excludes halogenated alkanes) is 11. The Morgan fingerprint density at radius 2 is 1.40 bits per heavy atom. The highest BCUT2D eigenvalue weighted by molar-refractivity contribution is 7.47. The first kappa shape index (κ1) is 38.5. The Kier molecular flexibility index (Phi) is 26.6. The first-order valence-corrected chi connectivity index (χ1v) is 16.8. The normalized spacial score (nSPS) is 14.0. The molecule has 40 heavy (non-hydrogen) atoms. The van der Waals surface area contributed by atoms with Crippen molar-refractivity contribution >= 4 is 19.7 Å². The van der Waals surface area contributed by atoms with Crippen molar-refractivity contribution in [1.82, 2.24) is 5.32 Å². The van der Waals surface area contributed by atoms with Crippen LogP contribution < -0.4 is 5.32 Å². The van der Waals surface area contributed by atoms with Gasteiger partial charge in [0.1, 0.15) is 12.7 Å². The van der Waals surface area contributed by atoms with Gasteiger partial charge >= 0.3 is 13.8 Å². The number of esters is 1. The van der Waals surface area contributed by atoms with Gasteiger partial charge in [-0.05, 0) is 38.5 Å². The van der Waals surface area contributed by atoms with Gasteiger partial charge in [0, 0.05) is 19.4 Å². The van der Waals surface area contributed by atoms with Gasteiger partial charge in [-0.15, -0.1) is 0 Å². The molecule has 0 aliphatic carbocycles. The van der Waals surface area contributed by atoms with E-state index in [4.69, 9.17) is 13.8 Å². The van der Waals surface area contributed by atoms with E-state index in [-0.39, 0.29) is 32.1 Å². The molecule has 0 aromatic carbocycles. The molecule has 3 N–H and O–H groups in total. The summed E-state index contributed by atoms with van der Waals surface area (Å²) in [5.74, 6) is -0.544. The van der Waals surface area contributed by atoms with Gasteiger partial charge in [-0.3, -0.25) is 18.6 Å². The molecule has 0 rings (SSSR count). The first-order chi connectivity index (χ1) is 19.3. The van der Waals surface area contributed by atoms with Crippen LogP contribution in [0.25, 0.3) is 0 Å². The van der Waals surface area contributed by atoms with E-state index in [9.17, 15) is 24.2 Å².